The second-order valence-corrected chi connectivity index (χ2v) is 5.91. The lowest BCUT2D eigenvalue weighted by Crippen LogP contribution is -2.21. The highest BCUT2D eigenvalue weighted by molar-refractivity contribution is 6.33. The number of amides is 1. The van der Waals surface area contributed by atoms with E-state index in [0.29, 0.717) is 10.9 Å². The average molecular weight is 346 g/mol. The zero-order valence-corrected chi connectivity index (χ0v) is 14.5. The first-order valence-electron chi connectivity index (χ1n) is 7.83. The molecule has 2 aromatic rings. The van der Waals surface area contributed by atoms with Gasteiger partial charge in [-0.25, -0.2) is 4.79 Å². The van der Waals surface area contributed by atoms with Crippen molar-refractivity contribution in [3.8, 4) is 0 Å². The highest BCUT2D eigenvalue weighted by Gasteiger charge is 2.15. The van der Waals surface area contributed by atoms with E-state index < -0.39 is 5.97 Å². The Morgan fingerprint density at radius 1 is 1.12 bits per heavy atom. The van der Waals surface area contributed by atoms with Crippen molar-refractivity contribution in [2.75, 3.05) is 11.9 Å². The maximum atomic E-state index is 12.1. The van der Waals surface area contributed by atoms with Crippen LogP contribution in [0.25, 0.3) is 0 Å². The van der Waals surface area contributed by atoms with Crippen LogP contribution in [0.1, 0.15) is 42.1 Å². The molecule has 0 aliphatic rings. The summed E-state index contributed by atoms with van der Waals surface area (Å²) in [6.45, 7) is 3.83. The fourth-order valence-electron chi connectivity index (χ4n) is 2.28. The number of anilines is 1. The number of ether oxygens (including phenoxy) is 1. The molecule has 1 amide bonds. The summed E-state index contributed by atoms with van der Waals surface area (Å²) in [5, 5.41) is 3.09. The lowest BCUT2D eigenvalue weighted by atomic mass is 9.97. The molecule has 0 fully saturated rings. The highest BCUT2D eigenvalue weighted by Crippen LogP contribution is 2.26. The zero-order chi connectivity index (χ0) is 17.5. The average Bonchev–Trinajstić information content (AvgIpc) is 2.60. The van der Waals surface area contributed by atoms with E-state index in [4.69, 9.17) is 16.3 Å². The molecule has 1 atom stereocenters. The number of esters is 1. The summed E-state index contributed by atoms with van der Waals surface area (Å²) in [5.41, 5.74) is 2.04. The normalized spacial score (nSPS) is 11.6. The zero-order valence-electron chi connectivity index (χ0n) is 13.7. The molecule has 0 saturated heterocycles. The summed E-state index contributed by atoms with van der Waals surface area (Å²) in [5.74, 6) is -0.677. The molecule has 0 spiro atoms. The number of hydrogen-bond acceptors (Lipinski definition) is 3. The van der Waals surface area contributed by atoms with Gasteiger partial charge in [0.05, 0.1) is 10.6 Å². The van der Waals surface area contributed by atoms with Gasteiger partial charge >= 0.3 is 5.97 Å². The SMILES string of the molecule is CC[C@@H](C)c1ccccc1NC(=O)COC(=O)c1ccccc1Cl. The minimum absolute atomic E-state index is 0.243. The lowest BCUT2D eigenvalue weighted by Gasteiger charge is -2.15. The van der Waals surface area contributed by atoms with E-state index in [1.807, 2.05) is 24.3 Å². The first kappa shape index (κ1) is 18.0. The Labute approximate surface area is 146 Å². The predicted molar refractivity (Wildman–Crippen MR) is 95.5 cm³/mol. The van der Waals surface area contributed by atoms with Gasteiger partial charge < -0.3 is 10.1 Å². The van der Waals surface area contributed by atoms with Crippen molar-refractivity contribution >= 4 is 29.2 Å². The van der Waals surface area contributed by atoms with Gasteiger partial charge in [-0.1, -0.05) is 55.8 Å². The van der Waals surface area contributed by atoms with E-state index in [9.17, 15) is 9.59 Å². The Hall–Kier alpha value is -2.33. The minimum atomic E-state index is -0.619. The smallest absolute Gasteiger partial charge is 0.340 e. The van der Waals surface area contributed by atoms with E-state index in [2.05, 4.69) is 19.2 Å². The van der Waals surface area contributed by atoms with Crippen molar-refractivity contribution < 1.29 is 14.3 Å². The summed E-state index contributed by atoms with van der Waals surface area (Å²) in [6.07, 6.45) is 0.967. The molecule has 1 N–H and O–H groups in total. The molecule has 0 heterocycles. The van der Waals surface area contributed by atoms with Gasteiger partial charge in [-0.15, -0.1) is 0 Å². The van der Waals surface area contributed by atoms with Gasteiger partial charge in [0.2, 0.25) is 0 Å². The standard InChI is InChI=1S/C19H20ClNO3/c1-3-13(2)14-8-5-7-11-17(14)21-18(22)12-24-19(23)15-9-4-6-10-16(15)20/h4-11,13H,3,12H2,1-2H3,(H,21,22)/t13-/m1/s1. The number of hydrogen-bond donors (Lipinski definition) is 1. The third-order valence-electron chi connectivity index (χ3n) is 3.81. The summed E-state index contributed by atoms with van der Waals surface area (Å²) >= 11 is 5.93. The lowest BCUT2D eigenvalue weighted by molar-refractivity contribution is -0.119. The van der Waals surface area contributed by atoms with Gasteiger partial charge in [-0.2, -0.15) is 0 Å². The van der Waals surface area contributed by atoms with Crippen LogP contribution in [0.4, 0.5) is 5.69 Å². The van der Waals surface area contributed by atoms with Crippen LogP contribution in [-0.2, 0) is 9.53 Å². The minimum Gasteiger partial charge on any atom is -0.452 e. The van der Waals surface area contributed by atoms with Gasteiger partial charge in [0.25, 0.3) is 5.91 Å². The molecular formula is C19H20ClNO3. The molecule has 2 rings (SSSR count). The molecule has 4 nitrogen and oxygen atoms in total. The van der Waals surface area contributed by atoms with E-state index in [1.165, 1.54) is 0 Å². The van der Waals surface area contributed by atoms with E-state index >= 15 is 0 Å². The molecule has 126 valence electrons. The highest BCUT2D eigenvalue weighted by atomic mass is 35.5. The first-order valence-corrected chi connectivity index (χ1v) is 8.21. The molecule has 2 aromatic carbocycles. The Morgan fingerprint density at radius 2 is 1.79 bits per heavy atom. The van der Waals surface area contributed by atoms with Crippen LogP contribution in [-0.4, -0.2) is 18.5 Å². The molecule has 0 saturated carbocycles. The molecule has 0 unspecified atom stereocenters. The number of nitrogens with one attached hydrogen (secondary N) is 1. The second kappa shape index (κ2) is 8.50. The number of carbonyl (C=O) groups excluding carboxylic acids is 2. The molecule has 0 aromatic heterocycles. The Morgan fingerprint density at radius 3 is 2.50 bits per heavy atom. The topological polar surface area (TPSA) is 55.4 Å². The van der Waals surface area contributed by atoms with Crippen LogP contribution in [0.15, 0.2) is 48.5 Å². The van der Waals surface area contributed by atoms with Gasteiger partial charge in [-0.3, -0.25) is 4.79 Å². The summed E-state index contributed by atoms with van der Waals surface area (Å²) in [7, 11) is 0. The fraction of sp³-hybridized carbons (Fsp3) is 0.263. The number of benzene rings is 2. The van der Waals surface area contributed by atoms with Crippen molar-refractivity contribution in [1.82, 2.24) is 0 Å². The van der Waals surface area contributed by atoms with Gasteiger partial charge in [-0.05, 0) is 36.1 Å². The van der Waals surface area contributed by atoms with Crippen molar-refractivity contribution in [2.24, 2.45) is 0 Å². The van der Waals surface area contributed by atoms with Crippen molar-refractivity contribution in [3.05, 3.63) is 64.7 Å². The Balaban J connectivity index is 1.97. The van der Waals surface area contributed by atoms with E-state index in [0.717, 1.165) is 17.7 Å². The summed E-state index contributed by atoms with van der Waals surface area (Å²) in [4.78, 5) is 24.0. The van der Waals surface area contributed by atoms with Gasteiger partial charge in [0.1, 0.15) is 0 Å². The second-order valence-electron chi connectivity index (χ2n) is 5.50. The molecule has 0 bridgehead atoms. The fourth-order valence-corrected chi connectivity index (χ4v) is 2.50. The number of halogens is 1. The van der Waals surface area contributed by atoms with Crippen LogP contribution in [0, 0.1) is 0 Å². The van der Waals surface area contributed by atoms with Crippen LogP contribution in [0.5, 0.6) is 0 Å². The van der Waals surface area contributed by atoms with Crippen LogP contribution in [0.2, 0.25) is 5.02 Å². The van der Waals surface area contributed by atoms with Crippen LogP contribution < -0.4 is 5.32 Å². The summed E-state index contributed by atoms with van der Waals surface area (Å²) < 4.78 is 5.03. The largest absolute Gasteiger partial charge is 0.452 e. The van der Waals surface area contributed by atoms with E-state index in [1.54, 1.807) is 24.3 Å². The van der Waals surface area contributed by atoms with Gasteiger partial charge in [0.15, 0.2) is 6.61 Å². The van der Waals surface area contributed by atoms with Crippen molar-refractivity contribution in [3.63, 3.8) is 0 Å². The number of para-hydroxylation sites is 1. The quantitative estimate of drug-likeness (QED) is 0.775. The third kappa shape index (κ3) is 4.59. The van der Waals surface area contributed by atoms with Crippen molar-refractivity contribution in [1.29, 1.82) is 0 Å². The van der Waals surface area contributed by atoms with Crippen LogP contribution in [0.3, 0.4) is 0 Å². The van der Waals surface area contributed by atoms with Crippen LogP contribution >= 0.6 is 11.6 Å². The third-order valence-corrected chi connectivity index (χ3v) is 4.14. The molecule has 24 heavy (non-hydrogen) atoms. The maximum absolute atomic E-state index is 12.1. The summed E-state index contributed by atoms with van der Waals surface area (Å²) in [6, 6.07) is 14.2. The predicted octanol–water partition coefficient (Wildman–Crippen LogP) is 4.65. The Kier molecular flexibility index (Phi) is 6.38. The van der Waals surface area contributed by atoms with Crippen molar-refractivity contribution in [2.45, 2.75) is 26.2 Å². The Bertz CT molecular complexity index is 730. The first-order chi connectivity index (χ1) is 11.5. The van der Waals surface area contributed by atoms with E-state index in [-0.39, 0.29) is 18.1 Å². The molecule has 5 heteroatoms. The van der Waals surface area contributed by atoms with Gasteiger partial charge in [0, 0.05) is 5.69 Å². The number of rotatable bonds is 6. The number of carbonyl (C=O) groups is 2. The molecule has 0 aliphatic carbocycles. The monoisotopic (exact) mass is 345 g/mol. The maximum Gasteiger partial charge on any atom is 0.340 e. The molecular weight excluding hydrogens is 326 g/mol. The molecule has 0 radical (unpaired) electrons. The molecule has 0 aliphatic heterocycles.